The zero-order chi connectivity index (χ0) is 28.7. The summed E-state index contributed by atoms with van der Waals surface area (Å²) in [6.45, 7) is 9.32. The maximum Gasteiger partial charge on any atom is 0.264 e. The van der Waals surface area contributed by atoms with Gasteiger partial charge in [-0.15, -0.1) is 0 Å². The first kappa shape index (κ1) is 30.2. The van der Waals surface area contributed by atoms with E-state index >= 15 is 0 Å². The molecule has 0 heterocycles. The summed E-state index contributed by atoms with van der Waals surface area (Å²) >= 11 is 6.40. The van der Waals surface area contributed by atoms with Gasteiger partial charge in [-0.25, -0.2) is 8.42 Å². The number of anilines is 1. The van der Waals surface area contributed by atoms with Crippen molar-refractivity contribution in [3.05, 3.63) is 94.5 Å². The lowest BCUT2D eigenvalue weighted by molar-refractivity contribution is -0.139. The van der Waals surface area contributed by atoms with E-state index < -0.39 is 28.5 Å². The van der Waals surface area contributed by atoms with Gasteiger partial charge in [0.15, 0.2) is 0 Å². The molecule has 2 amide bonds. The lowest BCUT2D eigenvalue weighted by Gasteiger charge is -2.32. The van der Waals surface area contributed by atoms with Crippen LogP contribution in [0.25, 0.3) is 0 Å². The van der Waals surface area contributed by atoms with Gasteiger partial charge in [0.1, 0.15) is 12.6 Å². The molecule has 9 heteroatoms. The Hall–Kier alpha value is -3.36. The molecule has 0 bridgehead atoms. The van der Waals surface area contributed by atoms with E-state index in [1.165, 1.54) is 17.0 Å². The zero-order valence-corrected chi connectivity index (χ0v) is 24.6. The summed E-state index contributed by atoms with van der Waals surface area (Å²) in [4.78, 5) is 28.4. The quantitative estimate of drug-likeness (QED) is 0.338. The van der Waals surface area contributed by atoms with Gasteiger partial charge in [0, 0.05) is 18.1 Å². The topological polar surface area (TPSA) is 86.8 Å². The molecule has 0 fully saturated rings. The molecule has 0 aliphatic carbocycles. The highest BCUT2D eigenvalue weighted by Gasteiger charge is 2.32. The molecule has 1 N–H and O–H groups in total. The van der Waals surface area contributed by atoms with Crippen molar-refractivity contribution in [2.24, 2.45) is 5.92 Å². The second kappa shape index (κ2) is 13.1. The lowest BCUT2D eigenvalue weighted by Crippen LogP contribution is -2.51. The van der Waals surface area contributed by atoms with Crippen LogP contribution in [0.4, 0.5) is 5.69 Å². The van der Waals surface area contributed by atoms with E-state index in [1.807, 2.05) is 33.8 Å². The minimum absolute atomic E-state index is 0.0427. The lowest BCUT2D eigenvalue weighted by atomic mass is 10.1. The number of aryl methyl sites for hydroxylation is 2. The molecule has 3 aromatic carbocycles. The number of carbonyl (C=O) groups is 2. The van der Waals surface area contributed by atoms with E-state index in [0.717, 1.165) is 15.4 Å². The molecule has 0 spiro atoms. The molecule has 39 heavy (non-hydrogen) atoms. The highest BCUT2D eigenvalue weighted by Crippen LogP contribution is 2.26. The van der Waals surface area contributed by atoms with Crippen LogP contribution < -0.4 is 9.62 Å². The summed E-state index contributed by atoms with van der Waals surface area (Å²) in [5.74, 6) is -0.628. The fourth-order valence-corrected chi connectivity index (χ4v) is 5.60. The van der Waals surface area contributed by atoms with Gasteiger partial charge < -0.3 is 10.2 Å². The van der Waals surface area contributed by atoms with Gasteiger partial charge in [0.2, 0.25) is 11.8 Å². The average Bonchev–Trinajstić information content (AvgIpc) is 2.89. The standard InChI is InChI=1S/C30H36ClN3O4S/c1-21(2)18-32-30(36)24(5)33(19-25-10-6-7-12-28(25)31)29(35)20-34(26-11-8-9-23(4)17-26)39(37,38)27-15-13-22(3)14-16-27/h6-17,21,24H,18-20H2,1-5H3,(H,32,36). The zero-order valence-electron chi connectivity index (χ0n) is 23.0. The van der Waals surface area contributed by atoms with E-state index in [-0.39, 0.29) is 23.3 Å². The molecule has 3 aromatic rings. The summed E-state index contributed by atoms with van der Waals surface area (Å²) < 4.78 is 28.8. The molecule has 0 aliphatic rings. The van der Waals surface area contributed by atoms with Crippen molar-refractivity contribution >= 4 is 39.1 Å². The summed E-state index contributed by atoms with van der Waals surface area (Å²) in [6, 6.07) is 19.7. The number of hydrogen-bond acceptors (Lipinski definition) is 4. The number of nitrogens with one attached hydrogen (secondary N) is 1. The number of amides is 2. The summed E-state index contributed by atoms with van der Waals surface area (Å²) in [7, 11) is -4.11. The Balaban J connectivity index is 2.02. The third-order valence-corrected chi connectivity index (χ3v) is 8.48. The first-order valence-electron chi connectivity index (χ1n) is 12.9. The Morgan fingerprint density at radius 3 is 2.18 bits per heavy atom. The molecule has 208 valence electrons. The number of nitrogens with zero attached hydrogens (tertiary/aromatic N) is 2. The molecule has 0 radical (unpaired) electrons. The van der Waals surface area contributed by atoms with Crippen molar-refractivity contribution in [2.45, 2.75) is 52.1 Å². The van der Waals surface area contributed by atoms with Crippen LogP contribution >= 0.6 is 11.6 Å². The van der Waals surface area contributed by atoms with Crippen molar-refractivity contribution in [2.75, 3.05) is 17.4 Å². The Labute approximate surface area is 236 Å². The molecule has 0 saturated carbocycles. The van der Waals surface area contributed by atoms with Crippen molar-refractivity contribution in [3.8, 4) is 0 Å². The van der Waals surface area contributed by atoms with Crippen LogP contribution in [0.5, 0.6) is 0 Å². The smallest absolute Gasteiger partial charge is 0.264 e. The van der Waals surface area contributed by atoms with Gasteiger partial charge in [-0.2, -0.15) is 0 Å². The Morgan fingerprint density at radius 1 is 0.897 bits per heavy atom. The number of carbonyl (C=O) groups excluding carboxylic acids is 2. The third kappa shape index (κ3) is 7.83. The second-order valence-corrected chi connectivity index (χ2v) is 12.4. The number of sulfonamides is 1. The van der Waals surface area contributed by atoms with Gasteiger partial charge >= 0.3 is 0 Å². The van der Waals surface area contributed by atoms with Crippen molar-refractivity contribution in [1.82, 2.24) is 10.2 Å². The predicted octanol–water partition coefficient (Wildman–Crippen LogP) is 5.34. The second-order valence-electron chi connectivity index (χ2n) is 10.1. The molecule has 3 rings (SSSR count). The number of hydrogen-bond donors (Lipinski definition) is 1. The largest absolute Gasteiger partial charge is 0.354 e. The minimum atomic E-state index is -4.11. The number of benzene rings is 3. The third-order valence-electron chi connectivity index (χ3n) is 6.33. The van der Waals surface area contributed by atoms with Gasteiger partial charge in [0.25, 0.3) is 10.0 Å². The summed E-state index contributed by atoms with van der Waals surface area (Å²) in [5, 5.41) is 3.33. The maximum absolute atomic E-state index is 13.9. The number of rotatable bonds is 11. The highest BCUT2D eigenvalue weighted by atomic mass is 35.5. The molecular weight excluding hydrogens is 534 g/mol. The Bertz CT molecular complexity index is 1410. The van der Waals surface area contributed by atoms with E-state index in [1.54, 1.807) is 61.5 Å². The first-order valence-corrected chi connectivity index (χ1v) is 14.7. The van der Waals surface area contributed by atoms with E-state index in [0.29, 0.717) is 22.8 Å². The van der Waals surface area contributed by atoms with Crippen LogP contribution in [-0.4, -0.2) is 44.3 Å². The number of halogens is 1. The van der Waals surface area contributed by atoms with Gasteiger partial charge in [0.05, 0.1) is 10.6 Å². The van der Waals surface area contributed by atoms with Gasteiger partial charge in [-0.1, -0.05) is 73.5 Å². The fourth-order valence-electron chi connectivity index (χ4n) is 3.99. The van der Waals surface area contributed by atoms with Crippen molar-refractivity contribution < 1.29 is 18.0 Å². The maximum atomic E-state index is 13.9. The summed E-state index contributed by atoms with van der Waals surface area (Å²) in [5.41, 5.74) is 2.77. The summed E-state index contributed by atoms with van der Waals surface area (Å²) in [6.07, 6.45) is 0. The first-order chi connectivity index (χ1) is 18.4. The molecule has 0 aromatic heterocycles. The van der Waals surface area contributed by atoms with E-state index in [9.17, 15) is 18.0 Å². The van der Waals surface area contributed by atoms with Crippen molar-refractivity contribution in [3.63, 3.8) is 0 Å². The molecular formula is C30H36ClN3O4S. The van der Waals surface area contributed by atoms with Crippen LogP contribution in [0, 0.1) is 19.8 Å². The van der Waals surface area contributed by atoms with Gasteiger partial charge in [-0.3, -0.25) is 13.9 Å². The Kier molecular flexibility index (Phi) is 10.2. The van der Waals surface area contributed by atoms with Crippen LogP contribution in [0.1, 0.15) is 37.5 Å². The van der Waals surface area contributed by atoms with Gasteiger partial charge in [-0.05, 0) is 68.1 Å². The Morgan fingerprint density at radius 2 is 1.56 bits per heavy atom. The van der Waals surface area contributed by atoms with Crippen LogP contribution in [0.3, 0.4) is 0 Å². The SMILES string of the molecule is Cc1ccc(S(=O)(=O)N(CC(=O)N(Cc2ccccc2Cl)C(C)C(=O)NCC(C)C)c2cccc(C)c2)cc1. The van der Waals surface area contributed by atoms with E-state index in [4.69, 9.17) is 11.6 Å². The molecule has 1 unspecified atom stereocenters. The highest BCUT2D eigenvalue weighted by molar-refractivity contribution is 7.92. The monoisotopic (exact) mass is 569 g/mol. The van der Waals surface area contributed by atoms with Crippen molar-refractivity contribution in [1.29, 1.82) is 0 Å². The minimum Gasteiger partial charge on any atom is -0.354 e. The molecule has 0 saturated heterocycles. The van der Waals surface area contributed by atoms with E-state index in [2.05, 4.69) is 5.32 Å². The van der Waals surface area contributed by atoms with Crippen LogP contribution in [0.2, 0.25) is 5.02 Å². The molecule has 1 atom stereocenters. The molecule has 7 nitrogen and oxygen atoms in total. The fraction of sp³-hybridized carbons (Fsp3) is 0.333. The predicted molar refractivity (Wildman–Crippen MR) is 156 cm³/mol. The molecule has 0 aliphatic heterocycles. The van der Waals surface area contributed by atoms with Crippen LogP contribution in [0.15, 0.2) is 77.7 Å². The average molecular weight is 570 g/mol. The normalized spacial score (nSPS) is 12.2. The van der Waals surface area contributed by atoms with Crippen LogP contribution in [-0.2, 0) is 26.2 Å².